The minimum atomic E-state index is -4.62. The van der Waals surface area contributed by atoms with E-state index < -0.39 is 46.7 Å². The topological polar surface area (TPSA) is 130 Å². The van der Waals surface area contributed by atoms with Crippen LogP contribution in [0.2, 0.25) is 0 Å². The highest BCUT2D eigenvalue weighted by molar-refractivity contribution is 5.96. The predicted octanol–water partition coefficient (Wildman–Crippen LogP) is 3.22. The van der Waals surface area contributed by atoms with Crippen LogP contribution in [0.5, 0.6) is 0 Å². The molecule has 38 heavy (non-hydrogen) atoms. The van der Waals surface area contributed by atoms with E-state index in [2.05, 4.69) is 10.2 Å². The maximum atomic E-state index is 13.1. The molecule has 4 rings (SSSR count). The van der Waals surface area contributed by atoms with Gasteiger partial charge in [-0.25, -0.2) is 13.6 Å². The van der Waals surface area contributed by atoms with Gasteiger partial charge in [-0.2, -0.15) is 18.3 Å². The molecule has 1 saturated heterocycles. The number of nitrogens with two attached hydrogens (primary N) is 1. The number of carboxylic acids is 1. The summed E-state index contributed by atoms with van der Waals surface area (Å²) in [5.74, 6) is -4.49. The summed E-state index contributed by atoms with van der Waals surface area (Å²) >= 11 is 0. The average Bonchev–Trinajstić information content (AvgIpc) is 2.88. The molecule has 1 fully saturated rings. The largest absolute Gasteiger partial charge is 0.476 e. The summed E-state index contributed by atoms with van der Waals surface area (Å²) < 4.78 is 64.2. The number of hydrogen-bond acceptors (Lipinski definition) is 6. The van der Waals surface area contributed by atoms with Crippen LogP contribution >= 0.6 is 0 Å². The summed E-state index contributed by atoms with van der Waals surface area (Å²) in [4.78, 5) is 37.3. The van der Waals surface area contributed by atoms with Crippen molar-refractivity contribution in [3.63, 3.8) is 0 Å². The Hall–Kier alpha value is -4.62. The number of benzene rings is 2. The number of amides is 2. The van der Waals surface area contributed by atoms with Crippen LogP contribution in [0.4, 0.5) is 27.6 Å². The number of aromatic carboxylic acids is 1. The second kappa shape index (κ2) is 11.6. The Labute approximate surface area is 212 Å². The van der Waals surface area contributed by atoms with Crippen LogP contribution in [0.1, 0.15) is 36.8 Å². The maximum absolute atomic E-state index is 13.1. The van der Waals surface area contributed by atoms with Gasteiger partial charge in [-0.05, 0) is 30.3 Å². The highest BCUT2D eigenvalue weighted by atomic mass is 19.4. The van der Waals surface area contributed by atoms with Crippen LogP contribution in [0.15, 0.2) is 54.7 Å². The van der Waals surface area contributed by atoms with Crippen molar-refractivity contribution in [3.8, 4) is 0 Å². The first kappa shape index (κ1) is 28.0. The number of hydrogen-bond donors (Lipinski definition) is 2. The molecule has 14 heteroatoms. The molecule has 0 spiro atoms. The summed E-state index contributed by atoms with van der Waals surface area (Å²) in [5.41, 5.74) is 3.25. The first-order valence-corrected chi connectivity index (χ1v) is 10.9. The zero-order valence-electron chi connectivity index (χ0n) is 19.5. The van der Waals surface area contributed by atoms with Gasteiger partial charge in [0.2, 0.25) is 0 Å². The van der Waals surface area contributed by atoms with Gasteiger partial charge < -0.3 is 20.6 Å². The normalized spacial score (nSPS) is 13.4. The SMILES string of the molecule is NC(=O)c1ccc(F)cc1F.O=C(O)c1nnccc1N1CCN(C(=O)c2ccccc2C(F)(F)F)CC1. The summed E-state index contributed by atoms with van der Waals surface area (Å²) in [6, 6.07) is 8.77. The maximum Gasteiger partial charge on any atom is 0.417 e. The van der Waals surface area contributed by atoms with Crippen LogP contribution in [-0.2, 0) is 6.18 Å². The third kappa shape index (κ3) is 6.57. The summed E-state index contributed by atoms with van der Waals surface area (Å²) in [7, 11) is 0. The van der Waals surface area contributed by atoms with Crippen molar-refractivity contribution in [2.24, 2.45) is 5.73 Å². The molecular formula is C24H20F5N5O4. The van der Waals surface area contributed by atoms with Gasteiger partial charge in [-0.15, -0.1) is 5.10 Å². The second-order valence-corrected chi connectivity index (χ2v) is 7.88. The first-order chi connectivity index (χ1) is 17.9. The second-order valence-electron chi connectivity index (χ2n) is 7.88. The Morgan fingerprint density at radius 2 is 1.58 bits per heavy atom. The van der Waals surface area contributed by atoms with E-state index in [4.69, 9.17) is 5.73 Å². The molecule has 2 aromatic carbocycles. The summed E-state index contributed by atoms with van der Waals surface area (Å²) in [5, 5.41) is 16.3. The minimum absolute atomic E-state index is 0.159. The lowest BCUT2D eigenvalue weighted by molar-refractivity contribution is -0.138. The third-order valence-corrected chi connectivity index (χ3v) is 5.47. The fourth-order valence-electron chi connectivity index (χ4n) is 3.66. The van der Waals surface area contributed by atoms with Gasteiger partial charge in [-0.1, -0.05) is 12.1 Å². The Morgan fingerprint density at radius 3 is 2.16 bits per heavy atom. The van der Waals surface area contributed by atoms with E-state index in [1.807, 2.05) is 0 Å². The number of alkyl halides is 3. The van der Waals surface area contributed by atoms with E-state index in [1.54, 1.807) is 4.90 Å². The van der Waals surface area contributed by atoms with E-state index in [-0.39, 0.29) is 37.4 Å². The fourth-order valence-corrected chi connectivity index (χ4v) is 3.66. The zero-order valence-corrected chi connectivity index (χ0v) is 19.5. The van der Waals surface area contributed by atoms with Crippen molar-refractivity contribution < 1.29 is 41.4 Å². The number of carbonyl (C=O) groups excluding carboxylic acids is 2. The van der Waals surface area contributed by atoms with E-state index in [1.165, 1.54) is 29.3 Å². The highest BCUT2D eigenvalue weighted by Crippen LogP contribution is 2.32. The molecular weight excluding hydrogens is 517 g/mol. The molecule has 0 aliphatic carbocycles. The number of rotatable bonds is 4. The smallest absolute Gasteiger partial charge is 0.417 e. The number of anilines is 1. The van der Waals surface area contributed by atoms with Crippen LogP contribution in [0.3, 0.4) is 0 Å². The third-order valence-electron chi connectivity index (χ3n) is 5.47. The molecule has 2 amide bonds. The van der Waals surface area contributed by atoms with Gasteiger partial charge in [0.05, 0.1) is 28.6 Å². The Bertz CT molecular complexity index is 1340. The van der Waals surface area contributed by atoms with E-state index in [9.17, 15) is 41.4 Å². The van der Waals surface area contributed by atoms with Gasteiger partial charge in [0, 0.05) is 32.2 Å². The van der Waals surface area contributed by atoms with Crippen LogP contribution in [0, 0.1) is 11.6 Å². The number of piperazine rings is 1. The molecule has 3 N–H and O–H groups in total. The molecule has 1 aliphatic heterocycles. The molecule has 0 unspecified atom stereocenters. The van der Waals surface area contributed by atoms with Gasteiger partial charge >= 0.3 is 12.1 Å². The lowest BCUT2D eigenvalue weighted by Gasteiger charge is -2.36. The molecule has 200 valence electrons. The molecule has 9 nitrogen and oxygen atoms in total. The Morgan fingerprint density at radius 1 is 0.921 bits per heavy atom. The number of halogens is 5. The summed E-state index contributed by atoms with van der Waals surface area (Å²) in [6.07, 6.45) is -3.26. The van der Waals surface area contributed by atoms with Crippen molar-refractivity contribution in [2.45, 2.75) is 6.18 Å². The number of nitrogens with zero attached hydrogens (tertiary/aromatic N) is 4. The molecule has 1 aromatic heterocycles. The first-order valence-electron chi connectivity index (χ1n) is 10.9. The Balaban J connectivity index is 0.000000304. The number of aromatic nitrogens is 2. The van der Waals surface area contributed by atoms with Crippen molar-refractivity contribution in [2.75, 3.05) is 31.1 Å². The molecule has 3 aromatic rings. The van der Waals surface area contributed by atoms with Crippen LogP contribution in [-0.4, -0.2) is 64.2 Å². The van der Waals surface area contributed by atoms with Crippen LogP contribution in [0.25, 0.3) is 0 Å². The van der Waals surface area contributed by atoms with Gasteiger partial charge in [0.15, 0.2) is 5.69 Å². The highest BCUT2D eigenvalue weighted by Gasteiger charge is 2.36. The van der Waals surface area contributed by atoms with Crippen molar-refractivity contribution in [1.82, 2.24) is 15.1 Å². The summed E-state index contributed by atoms with van der Waals surface area (Å²) in [6.45, 7) is 0.858. The number of carbonyl (C=O) groups is 3. The molecule has 0 bridgehead atoms. The van der Waals surface area contributed by atoms with E-state index >= 15 is 0 Å². The molecule has 1 aliphatic rings. The van der Waals surface area contributed by atoms with E-state index in [0.717, 1.165) is 24.3 Å². The fraction of sp³-hybridized carbons (Fsp3) is 0.208. The monoisotopic (exact) mass is 537 g/mol. The predicted molar refractivity (Wildman–Crippen MR) is 123 cm³/mol. The van der Waals surface area contributed by atoms with Crippen molar-refractivity contribution in [1.29, 1.82) is 0 Å². The van der Waals surface area contributed by atoms with Crippen LogP contribution < -0.4 is 10.6 Å². The molecule has 0 atom stereocenters. The quantitative estimate of drug-likeness (QED) is 0.489. The van der Waals surface area contributed by atoms with Gasteiger partial charge in [0.25, 0.3) is 11.8 Å². The number of carboxylic acid groups (broad SMARTS) is 1. The molecule has 0 saturated carbocycles. The van der Waals surface area contributed by atoms with Crippen molar-refractivity contribution in [3.05, 3.63) is 88.7 Å². The Kier molecular flexibility index (Phi) is 8.55. The van der Waals surface area contributed by atoms with E-state index in [0.29, 0.717) is 11.8 Å². The van der Waals surface area contributed by atoms with Gasteiger partial charge in [-0.3, -0.25) is 9.59 Å². The lowest BCUT2D eigenvalue weighted by atomic mass is 10.1. The van der Waals surface area contributed by atoms with Crippen molar-refractivity contribution >= 4 is 23.5 Å². The number of primary amides is 1. The standard InChI is InChI=1S/C17H15F3N4O3.C7H5F2NO/c18-17(19,20)12-4-2-1-3-11(12)15(25)24-9-7-23(8-10-24)13-5-6-21-22-14(13)16(26)27;8-4-1-2-5(7(10)11)6(9)3-4/h1-6H,7-10H2,(H,26,27);1-3H,(H2,10,11). The molecule has 0 radical (unpaired) electrons. The average molecular weight is 537 g/mol. The molecule has 2 heterocycles. The minimum Gasteiger partial charge on any atom is -0.476 e. The lowest BCUT2D eigenvalue weighted by Crippen LogP contribution is -2.49. The zero-order chi connectivity index (χ0) is 28.0. The van der Waals surface area contributed by atoms with Gasteiger partial charge in [0.1, 0.15) is 11.6 Å².